The van der Waals surface area contributed by atoms with Crippen molar-refractivity contribution in [1.82, 2.24) is 20.0 Å². The number of piperazine rings is 1. The molecule has 1 atom stereocenters. The summed E-state index contributed by atoms with van der Waals surface area (Å²) in [5, 5.41) is 6.91. The fourth-order valence-corrected chi connectivity index (χ4v) is 3.26. The van der Waals surface area contributed by atoms with Crippen LogP contribution in [0.3, 0.4) is 0 Å². The zero-order valence-electron chi connectivity index (χ0n) is 13.8. The van der Waals surface area contributed by atoms with Crippen LogP contribution >= 0.6 is 0 Å². The van der Waals surface area contributed by atoms with Gasteiger partial charge in [0.1, 0.15) is 11.8 Å². The van der Waals surface area contributed by atoms with E-state index in [1.54, 1.807) is 34.3 Å². The van der Waals surface area contributed by atoms with Crippen molar-refractivity contribution in [2.24, 2.45) is 0 Å². The Morgan fingerprint density at radius 3 is 2.68 bits per heavy atom. The summed E-state index contributed by atoms with van der Waals surface area (Å²) in [6, 6.07) is 5.27. The number of hydrogen-bond donors (Lipinski definition) is 1. The summed E-state index contributed by atoms with van der Waals surface area (Å²) in [6.07, 6.45) is 3.00. The Labute approximate surface area is 144 Å². The highest BCUT2D eigenvalue weighted by Crippen LogP contribution is 2.20. The average molecular weight is 344 g/mol. The van der Waals surface area contributed by atoms with E-state index in [-0.39, 0.29) is 17.9 Å². The molecule has 0 aliphatic carbocycles. The first-order chi connectivity index (χ1) is 12.2. The lowest BCUT2D eigenvalue weighted by molar-refractivity contribution is -0.142. The smallest absolute Gasteiger partial charge is 0.274 e. The number of carbonyl (C=O) groups excluding carboxylic acids is 2. The molecule has 2 aromatic heterocycles. The molecule has 0 aromatic carbocycles. The summed E-state index contributed by atoms with van der Waals surface area (Å²) in [5.74, 6) is 0.543. The van der Waals surface area contributed by atoms with Crippen LogP contribution in [-0.2, 0) is 9.53 Å². The van der Waals surface area contributed by atoms with Crippen LogP contribution in [0.5, 0.6) is 0 Å². The van der Waals surface area contributed by atoms with Gasteiger partial charge in [-0.1, -0.05) is 0 Å². The normalized spacial score (nSPS) is 20.9. The molecule has 2 aromatic rings. The van der Waals surface area contributed by atoms with Gasteiger partial charge in [-0.05, 0) is 25.0 Å². The van der Waals surface area contributed by atoms with Crippen LogP contribution in [-0.4, -0.2) is 70.7 Å². The maximum atomic E-state index is 12.6. The summed E-state index contributed by atoms with van der Waals surface area (Å²) in [6.45, 7) is 2.71. The number of nitrogens with one attached hydrogen (secondary N) is 1. The van der Waals surface area contributed by atoms with Gasteiger partial charge in [0.25, 0.3) is 11.8 Å². The third-order valence-corrected chi connectivity index (χ3v) is 4.67. The van der Waals surface area contributed by atoms with Crippen LogP contribution in [0, 0.1) is 0 Å². The number of aromatic nitrogens is 2. The second kappa shape index (κ2) is 6.72. The Hall–Kier alpha value is -2.61. The zero-order chi connectivity index (χ0) is 17.2. The highest BCUT2D eigenvalue weighted by molar-refractivity contribution is 5.93. The van der Waals surface area contributed by atoms with Gasteiger partial charge in [0, 0.05) is 38.9 Å². The van der Waals surface area contributed by atoms with Crippen molar-refractivity contribution in [3.8, 4) is 11.5 Å². The lowest BCUT2D eigenvalue weighted by atomic mass is 10.2. The van der Waals surface area contributed by atoms with Crippen LogP contribution < -0.4 is 0 Å². The van der Waals surface area contributed by atoms with E-state index in [2.05, 4.69) is 10.2 Å². The van der Waals surface area contributed by atoms with E-state index in [9.17, 15) is 9.59 Å². The first-order valence-electron chi connectivity index (χ1n) is 8.51. The number of aromatic amines is 1. The Balaban J connectivity index is 1.36. The molecule has 2 amide bonds. The molecule has 1 N–H and O–H groups in total. The lowest BCUT2D eigenvalue weighted by Gasteiger charge is -2.35. The van der Waals surface area contributed by atoms with E-state index in [4.69, 9.17) is 9.15 Å². The van der Waals surface area contributed by atoms with Crippen LogP contribution in [0.1, 0.15) is 23.3 Å². The van der Waals surface area contributed by atoms with Crippen molar-refractivity contribution in [2.75, 3.05) is 32.8 Å². The molecule has 4 heterocycles. The standard InChI is InChI=1S/C17H20N4O4/c22-16(13-11-12(18-19-13)14-3-1-9-24-14)20-5-7-21(8-6-20)17(23)15-4-2-10-25-15/h1,3,9,11,15H,2,4-8,10H2,(H,18,19)/t15-/m0/s1. The van der Waals surface area contributed by atoms with E-state index in [1.807, 2.05) is 0 Å². The minimum atomic E-state index is -0.301. The van der Waals surface area contributed by atoms with Crippen molar-refractivity contribution >= 4 is 11.8 Å². The summed E-state index contributed by atoms with van der Waals surface area (Å²) in [5.41, 5.74) is 1.02. The highest BCUT2D eigenvalue weighted by Gasteiger charge is 2.32. The number of ether oxygens (including phenoxy) is 1. The molecule has 2 aliphatic heterocycles. The Morgan fingerprint density at radius 1 is 1.20 bits per heavy atom. The van der Waals surface area contributed by atoms with Crippen molar-refractivity contribution < 1.29 is 18.7 Å². The second-order valence-corrected chi connectivity index (χ2v) is 6.26. The fraction of sp³-hybridized carbons (Fsp3) is 0.471. The third kappa shape index (κ3) is 3.17. The molecule has 2 aliphatic rings. The predicted octanol–water partition coefficient (Wildman–Crippen LogP) is 1.13. The minimum Gasteiger partial charge on any atom is -0.463 e. The molecular formula is C17H20N4O4. The molecule has 2 saturated heterocycles. The minimum absolute atomic E-state index is 0.0458. The molecule has 132 valence electrons. The van der Waals surface area contributed by atoms with Gasteiger partial charge in [0.05, 0.1) is 6.26 Å². The summed E-state index contributed by atoms with van der Waals surface area (Å²) in [7, 11) is 0. The average Bonchev–Trinajstić information content (AvgIpc) is 3.42. The highest BCUT2D eigenvalue weighted by atomic mass is 16.5. The zero-order valence-corrected chi connectivity index (χ0v) is 13.8. The molecular weight excluding hydrogens is 324 g/mol. The maximum absolute atomic E-state index is 12.6. The summed E-state index contributed by atoms with van der Waals surface area (Å²) in [4.78, 5) is 28.5. The van der Waals surface area contributed by atoms with E-state index in [0.717, 1.165) is 12.8 Å². The van der Waals surface area contributed by atoms with Crippen LogP contribution in [0.15, 0.2) is 28.9 Å². The predicted molar refractivity (Wildman–Crippen MR) is 87.7 cm³/mol. The SMILES string of the molecule is O=C(c1cc(-c2ccco2)[nH]n1)N1CCN(C(=O)[C@@H]2CCCO2)CC1. The molecule has 8 heteroatoms. The van der Waals surface area contributed by atoms with Gasteiger partial charge in [-0.2, -0.15) is 5.10 Å². The van der Waals surface area contributed by atoms with Gasteiger partial charge >= 0.3 is 0 Å². The van der Waals surface area contributed by atoms with Crippen LogP contribution in [0.4, 0.5) is 0 Å². The van der Waals surface area contributed by atoms with E-state index >= 15 is 0 Å². The largest absolute Gasteiger partial charge is 0.463 e. The van der Waals surface area contributed by atoms with Crippen molar-refractivity contribution in [3.63, 3.8) is 0 Å². The van der Waals surface area contributed by atoms with E-state index < -0.39 is 0 Å². The Morgan fingerprint density at radius 2 is 2.00 bits per heavy atom. The number of amides is 2. The summed E-state index contributed by atoms with van der Waals surface area (Å²) >= 11 is 0. The summed E-state index contributed by atoms with van der Waals surface area (Å²) < 4.78 is 10.8. The second-order valence-electron chi connectivity index (χ2n) is 6.26. The number of H-pyrrole nitrogens is 1. The molecule has 0 unspecified atom stereocenters. The van der Waals surface area contributed by atoms with Gasteiger partial charge in [-0.3, -0.25) is 14.7 Å². The van der Waals surface area contributed by atoms with Crippen LogP contribution in [0.25, 0.3) is 11.5 Å². The molecule has 0 saturated carbocycles. The number of furan rings is 1. The van der Waals surface area contributed by atoms with Crippen molar-refractivity contribution in [3.05, 3.63) is 30.2 Å². The quantitative estimate of drug-likeness (QED) is 0.901. The molecule has 0 spiro atoms. The lowest BCUT2D eigenvalue weighted by Crippen LogP contribution is -2.52. The molecule has 0 radical (unpaired) electrons. The number of hydrogen-bond acceptors (Lipinski definition) is 5. The van der Waals surface area contributed by atoms with E-state index in [1.165, 1.54) is 0 Å². The fourth-order valence-electron chi connectivity index (χ4n) is 3.26. The Bertz CT molecular complexity index is 741. The van der Waals surface area contributed by atoms with Crippen LogP contribution in [0.2, 0.25) is 0 Å². The van der Waals surface area contributed by atoms with Gasteiger partial charge in [-0.25, -0.2) is 0 Å². The first kappa shape index (κ1) is 15.9. The molecule has 2 fully saturated rings. The van der Waals surface area contributed by atoms with Gasteiger partial charge < -0.3 is 19.0 Å². The Kier molecular flexibility index (Phi) is 4.27. The van der Waals surface area contributed by atoms with Gasteiger partial charge in [-0.15, -0.1) is 0 Å². The topological polar surface area (TPSA) is 91.7 Å². The maximum Gasteiger partial charge on any atom is 0.274 e. The van der Waals surface area contributed by atoms with Gasteiger partial charge in [0.15, 0.2) is 11.5 Å². The number of nitrogens with zero attached hydrogens (tertiary/aromatic N) is 3. The van der Waals surface area contributed by atoms with Crippen molar-refractivity contribution in [1.29, 1.82) is 0 Å². The van der Waals surface area contributed by atoms with E-state index in [0.29, 0.717) is 49.9 Å². The third-order valence-electron chi connectivity index (χ3n) is 4.67. The molecule has 4 rings (SSSR count). The number of rotatable bonds is 3. The molecule has 0 bridgehead atoms. The van der Waals surface area contributed by atoms with Crippen molar-refractivity contribution in [2.45, 2.75) is 18.9 Å². The number of carbonyl (C=O) groups is 2. The first-order valence-corrected chi connectivity index (χ1v) is 8.51. The monoisotopic (exact) mass is 344 g/mol. The van der Waals surface area contributed by atoms with Gasteiger partial charge in [0.2, 0.25) is 0 Å². The molecule has 25 heavy (non-hydrogen) atoms. The molecule has 8 nitrogen and oxygen atoms in total.